The number of ether oxygens (including phenoxy) is 1. The van der Waals surface area contributed by atoms with Gasteiger partial charge in [0.1, 0.15) is 5.75 Å². The van der Waals surface area contributed by atoms with Crippen molar-refractivity contribution in [1.29, 1.82) is 0 Å². The number of hydrogen-bond acceptors (Lipinski definition) is 5. The summed E-state index contributed by atoms with van der Waals surface area (Å²) in [6.45, 7) is 1.64. The van der Waals surface area contributed by atoms with Crippen LogP contribution in [0.1, 0.15) is 38.8 Å². The SMILES string of the molecule is COc1ccc2c(c1)C(=O)N(C[C@@]1(C#Cc3ccc(C(C)=O)cc3)NC(=O)NC1=O)C2. The van der Waals surface area contributed by atoms with E-state index in [1.165, 1.54) is 18.9 Å². The Hall–Kier alpha value is -4.12. The number of fused-ring (bicyclic) bond motifs is 1. The van der Waals surface area contributed by atoms with E-state index in [4.69, 9.17) is 4.74 Å². The predicted molar refractivity (Wildman–Crippen MR) is 110 cm³/mol. The molecule has 1 saturated heterocycles. The van der Waals surface area contributed by atoms with Gasteiger partial charge in [0, 0.05) is 23.2 Å². The molecule has 2 aliphatic heterocycles. The lowest BCUT2D eigenvalue weighted by Crippen LogP contribution is -2.54. The minimum atomic E-state index is -1.59. The number of imide groups is 1. The number of carbonyl (C=O) groups is 4. The fraction of sp³-hybridized carbons (Fsp3) is 0.217. The monoisotopic (exact) mass is 417 g/mol. The smallest absolute Gasteiger partial charge is 0.323 e. The van der Waals surface area contributed by atoms with Crippen molar-refractivity contribution in [2.75, 3.05) is 13.7 Å². The minimum Gasteiger partial charge on any atom is -0.497 e. The standard InChI is InChI=1S/C23H19N3O5/c1-14(27)16-5-3-15(4-6-16)9-10-23(21(29)24-22(30)25-23)13-26-12-17-7-8-18(31-2)11-19(17)20(26)28/h3-8,11H,12-13H2,1-2H3,(H2,24,25,29,30)/t23-/m1/s1. The van der Waals surface area contributed by atoms with Gasteiger partial charge in [-0.05, 0) is 36.8 Å². The molecule has 2 heterocycles. The topological polar surface area (TPSA) is 105 Å². The molecule has 2 aromatic carbocycles. The molecule has 1 fully saturated rings. The number of urea groups is 1. The molecular formula is C23H19N3O5. The first kappa shape index (κ1) is 20.2. The summed E-state index contributed by atoms with van der Waals surface area (Å²) in [5.41, 5.74) is 0.825. The minimum absolute atomic E-state index is 0.0674. The van der Waals surface area contributed by atoms with E-state index in [9.17, 15) is 19.2 Å². The maximum atomic E-state index is 12.9. The fourth-order valence-electron chi connectivity index (χ4n) is 3.58. The highest BCUT2D eigenvalue weighted by Crippen LogP contribution is 2.28. The first-order valence-corrected chi connectivity index (χ1v) is 9.55. The zero-order valence-corrected chi connectivity index (χ0v) is 16.9. The second-order valence-corrected chi connectivity index (χ2v) is 7.38. The second-order valence-electron chi connectivity index (χ2n) is 7.38. The zero-order chi connectivity index (χ0) is 22.2. The van der Waals surface area contributed by atoms with Crippen molar-refractivity contribution >= 4 is 23.6 Å². The number of ketones is 1. The van der Waals surface area contributed by atoms with Gasteiger partial charge in [0.2, 0.25) is 5.54 Å². The van der Waals surface area contributed by atoms with E-state index in [0.717, 1.165) is 5.56 Å². The summed E-state index contributed by atoms with van der Waals surface area (Å²) in [6, 6.07) is 11.1. The van der Waals surface area contributed by atoms with Crippen LogP contribution in [-0.2, 0) is 11.3 Å². The van der Waals surface area contributed by atoms with Crippen molar-refractivity contribution in [3.63, 3.8) is 0 Å². The van der Waals surface area contributed by atoms with Gasteiger partial charge in [0.15, 0.2) is 5.78 Å². The van der Waals surface area contributed by atoms with Gasteiger partial charge in [-0.25, -0.2) is 4.79 Å². The Bertz CT molecular complexity index is 1180. The zero-order valence-electron chi connectivity index (χ0n) is 16.9. The van der Waals surface area contributed by atoms with Crippen molar-refractivity contribution in [3.8, 4) is 17.6 Å². The van der Waals surface area contributed by atoms with Crippen LogP contribution >= 0.6 is 0 Å². The summed E-state index contributed by atoms with van der Waals surface area (Å²) in [5.74, 6) is 5.32. The molecule has 8 heteroatoms. The van der Waals surface area contributed by atoms with E-state index in [1.54, 1.807) is 42.5 Å². The Labute approximate surface area is 178 Å². The van der Waals surface area contributed by atoms with Gasteiger partial charge in [-0.3, -0.25) is 19.7 Å². The second kappa shape index (κ2) is 7.61. The summed E-state index contributed by atoms with van der Waals surface area (Å²) >= 11 is 0. The predicted octanol–water partition coefficient (Wildman–Crippen LogP) is 1.48. The molecule has 156 valence electrons. The Morgan fingerprint density at radius 1 is 1.16 bits per heavy atom. The maximum Gasteiger partial charge on any atom is 0.323 e. The maximum absolute atomic E-state index is 12.9. The highest BCUT2D eigenvalue weighted by Gasteiger charge is 2.48. The molecule has 0 aromatic heterocycles. The molecule has 4 rings (SSSR count). The molecule has 2 N–H and O–H groups in total. The summed E-state index contributed by atoms with van der Waals surface area (Å²) in [6.07, 6.45) is 0. The van der Waals surface area contributed by atoms with Crippen LogP contribution in [0.25, 0.3) is 0 Å². The fourth-order valence-corrected chi connectivity index (χ4v) is 3.58. The van der Waals surface area contributed by atoms with Crippen molar-refractivity contribution in [1.82, 2.24) is 15.5 Å². The van der Waals surface area contributed by atoms with Crippen molar-refractivity contribution in [2.45, 2.75) is 19.0 Å². The quantitative estimate of drug-likeness (QED) is 0.446. The number of nitrogens with zero attached hydrogens (tertiary/aromatic N) is 1. The lowest BCUT2D eigenvalue weighted by Gasteiger charge is -2.26. The Morgan fingerprint density at radius 3 is 2.52 bits per heavy atom. The molecule has 0 saturated carbocycles. The van der Waals surface area contributed by atoms with Crippen LogP contribution in [0.15, 0.2) is 42.5 Å². The van der Waals surface area contributed by atoms with E-state index in [1.807, 2.05) is 0 Å². The molecule has 0 bridgehead atoms. The number of carbonyl (C=O) groups excluding carboxylic acids is 4. The van der Waals surface area contributed by atoms with Crippen molar-refractivity contribution < 1.29 is 23.9 Å². The van der Waals surface area contributed by atoms with Gasteiger partial charge >= 0.3 is 6.03 Å². The molecule has 2 aromatic rings. The van der Waals surface area contributed by atoms with Gasteiger partial charge in [-0.1, -0.05) is 30.0 Å². The van der Waals surface area contributed by atoms with E-state index in [2.05, 4.69) is 22.5 Å². The summed E-state index contributed by atoms with van der Waals surface area (Å²) < 4.78 is 5.18. The van der Waals surface area contributed by atoms with E-state index < -0.39 is 17.5 Å². The molecule has 8 nitrogen and oxygen atoms in total. The van der Waals surface area contributed by atoms with E-state index >= 15 is 0 Å². The average Bonchev–Trinajstić information content (AvgIpc) is 3.21. The molecule has 0 radical (unpaired) electrons. The lowest BCUT2D eigenvalue weighted by atomic mass is 9.98. The number of methoxy groups -OCH3 is 1. The largest absolute Gasteiger partial charge is 0.497 e. The molecular weight excluding hydrogens is 398 g/mol. The molecule has 1 atom stereocenters. The van der Waals surface area contributed by atoms with Gasteiger partial charge in [0.25, 0.3) is 11.8 Å². The first-order chi connectivity index (χ1) is 14.8. The van der Waals surface area contributed by atoms with Crippen LogP contribution in [0.2, 0.25) is 0 Å². The summed E-state index contributed by atoms with van der Waals surface area (Å²) in [5, 5.41) is 4.77. The van der Waals surface area contributed by atoms with Crippen LogP contribution in [0, 0.1) is 11.8 Å². The van der Waals surface area contributed by atoms with Crippen LogP contribution in [0.3, 0.4) is 0 Å². The van der Waals surface area contributed by atoms with Crippen LogP contribution in [-0.4, -0.2) is 47.7 Å². The molecule has 2 aliphatic rings. The van der Waals surface area contributed by atoms with E-state index in [-0.39, 0.29) is 24.8 Å². The Balaban J connectivity index is 1.63. The molecule has 31 heavy (non-hydrogen) atoms. The number of Topliss-reactive ketones (excluding diaryl/α,β-unsaturated/α-hetero) is 1. The van der Waals surface area contributed by atoms with Crippen LogP contribution < -0.4 is 15.4 Å². The van der Waals surface area contributed by atoms with Crippen LogP contribution in [0.4, 0.5) is 4.79 Å². The normalized spacial score (nSPS) is 19.3. The Morgan fingerprint density at radius 2 is 1.90 bits per heavy atom. The number of benzene rings is 2. The van der Waals surface area contributed by atoms with Crippen LogP contribution in [0.5, 0.6) is 5.75 Å². The number of amides is 4. The van der Waals surface area contributed by atoms with Gasteiger partial charge in [0.05, 0.1) is 13.7 Å². The third kappa shape index (κ3) is 3.73. The average molecular weight is 417 g/mol. The molecule has 4 amide bonds. The number of nitrogens with one attached hydrogen (secondary N) is 2. The third-order valence-corrected chi connectivity index (χ3v) is 5.28. The highest BCUT2D eigenvalue weighted by molar-refractivity contribution is 6.10. The number of rotatable bonds is 4. The Kier molecular flexibility index (Phi) is 4.95. The summed E-state index contributed by atoms with van der Waals surface area (Å²) in [7, 11) is 1.52. The van der Waals surface area contributed by atoms with Gasteiger partial charge in [-0.15, -0.1) is 0 Å². The van der Waals surface area contributed by atoms with Gasteiger partial charge < -0.3 is 15.0 Å². The van der Waals surface area contributed by atoms with Crippen molar-refractivity contribution in [2.24, 2.45) is 0 Å². The van der Waals surface area contributed by atoms with E-state index in [0.29, 0.717) is 22.4 Å². The summed E-state index contributed by atoms with van der Waals surface area (Å²) in [4.78, 5) is 50.3. The highest BCUT2D eigenvalue weighted by atomic mass is 16.5. The molecule has 0 aliphatic carbocycles. The third-order valence-electron chi connectivity index (χ3n) is 5.28. The molecule has 0 spiro atoms. The number of hydrogen-bond donors (Lipinski definition) is 2. The van der Waals surface area contributed by atoms with Gasteiger partial charge in [-0.2, -0.15) is 0 Å². The van der Waals surface area contributed by atoms with Crippen molar-refractivity contribution in [3.05, 3.63) is 64.7 Å². The molecule has 0 unspecified atom stereocenters. The lowest BCUT2D eigenvalue weighted by molar-refractivity contribution is -0.122. The first-order valence-electron chi connectivity index (χ1n) is 9.55.